The summed E-state index contributed by atoms with van der Waals surface area (Å²) < 4.78 is 22.0. The maximum atomic E-state index is 13.1. The Hall–Kier alpha value is -3.76. The first-order valence-electron chi connectivity index (χ1n) is 11.0. The van der Waals surface area contributed by atoms with E-state index in [1.165, 1.54) is 21.0 Å². The summed E-state index contributed by atoms with van der Waals surface area (Å²) in [5, 5.41) is 5.68. The second kappa shape index (κ2) is 12.1. The minimum absolute atomic E-state index is 0.260. The number of amides is 2. The van der Waals surface area contributed by atoms with E-state index in [4.69, 9.17) is 18.9 Å². The first-order valence-corrected chi connectivity index (χ1v) is 11.0. The molecule has 1 aliphatic heterocycles. The van der Waals surface area contributed by atoms with E-state index >= 15 is 0 Å². The summed E-state index contributed by atoms with van der Waals surface area (Å²) in [5.74, 6) is -2.11. The molecule has 1 saturated heterocycles. The molecule has 10 heteroatoms. The highest BCUT2D eigenvalue weighted by Gasteiger charge is 2.50. The van der Waals surface area contributed by atoms with Crippen LogP contribution >= 0.6 is 0 Å². The van der Waals surface area contributed by atoms with Crippen LogP contribution in [0.5, 0.6) is 0 Å². The molecule has 0 spiro atoms. The smallest absolute Gasteiger partial charge is 0.303 e. The van der Waals surface area contributed by atoms with Gasteiger partial charge in [-0.3, -0.25) is 19.2 Å². The van der Waals surface area contributed by atoms with E-state index in [2.05, 4.69) is 10.6 Å². The molecule has 0 radical (unpaired) electrons. The van der Waals surface area contributed by atoms with Gasteiger partial charge >= 0.3 is 11.9 Å². The summed E-state index contributed by atoms with van der Waals surface area (Å²) in [4.78, 5) is 49.5. The number of benzene rings is 2. The lowest BCUT2D eigenvalue weighted by atomic mass is 9.92. The summed E-state index contributed by atoms with van der Waals surface area (Å²) in [6, 6.07) is 14.9. The highest BCUT2D eigenvalue weighted by atomic mass is 16.7. The summed E-state index contributed by atoms with van der Waals surface area (Å²) in [6.45, 7) is 2.18. The van der Waals surface area contributed by atoms with Gasteiger partial charge in [-0.1, -0.05) is 36.4 Å². The van der Waals surface area contributed by atoms with E-state index in [1.54, 1.807) is 60.7 Å². The first kappa shape index (κ1) is 25.9. The van der Waals surface area contributed by atoms with Crippen LogP contribution in [0, 0.1) is 0 Å². The third kappa shape index (κ3) is 6.87. The standard InChI is InChI=1S/C25H28N2O8/c1-15(28)33-14-19-22(34-16(2)29)20(26-23(30)17-10-6-4-7-11-17)21(25(32-3)35-19)27-24(31)18-12-8-5-9-13-18/h4-13,19-22,25H,14H2,1-3H3,(H,26,30)(H,27,31)/t19-,20-,21-,22+,25-/m1/s1. The Bertz CT molecular complexity index is 1030. The molecule has 0 bridgehead atoms. The van der Waals surface area contributed by atoms with Gasteiger partial charge in [0.1, 0.15) is 18.8 Å². The lowest BCUT2D eigenvalue weighted by Crippen LogP contribution is -2.70. The van der Waals surface area contributed by atoms with Crippen LogP contribution in [0.15, 0.2) is 60.7 Å². The molecular formula is C25H28N2O8. The first-order chi connectivity index (χ1) is 16.8. The number of methoxy groups -OCH3 is 1. The second-order valence-corrected chi connectivity index (χ2v) is 7.89. The normalized spacial score (nSPS) is 23.6. The highest BCUT2D eigenvalue weighted by molar-refractivity contribution is 5.95. The number of carbonyl (C=O) groups excluding carboxylic acids is 4. The number of carbonyl (C=O) groups is 4. The van der Waals surface area contributed by atoms with Gasteiger partial charge in [0, 0.05) is 32.1 Å². The quantitative estimate of drug-likeness (QED) is 0.539. The molecule has 1 aliphatic rings. The highest BCUT2D eigenvalue weighted by Crippen LogP contribution is 2.26. The van der Waals surface area contributed by atoms with Crippen LogP contribution in [0.4, 0.5) is 0 Å². The third-order valence-corrected chi connectivity index (χ3v) is 5.36. The van der Waals surface area contributed by atoms with Crippen molar-refractivity contribution in [3.05, 3.63) is 71.8 Å². The predicted octanol–water partition coefficient (Wildman–Crippen LogP) is 1.45. The molecule has 0 aliphatic carbocycles. The Morgan fingerprint density at radius 1 is 0.800 bits per heavy atom. The molecule has 5 atom stereocenters. The lowest BCUT2D eigenvalue weighted by molar-refractivity contribution is -0.246. The van der Waals surface area contributed by atoms with Crippen LogP contribution in [0.3, 0.4) is 0 Å². The molecule has 10 nitrogen and oxygen atoms in total. The molecule has 0 aromatic heterocycles. The van der Waals surface area contributed by atoms with E-state index < -0.39 is 54.3 Å². The molecule has 3 rings (SSSR count). The SMILES string of the molecule is CO[C@@H]1O[C@H](COC(C)=O)[C@H](OC(C)=O)[C@H](NC(=O)c2ccccc2)[C@H]1NC(=O)c1ccccc1. The van der Waals surface area contributed by atoms with Crippen molar-refractivity contribution in [1.29, 1.82) is 0 Å². The molecular weight excluding hydrogens is 456 g/mol. The Labute approximate surface area is 202 Å². The molecule has 1 fully saturated rings. The Morgan fingerprint density at radius 3 is 1.77 bits per heavy atom. The van der Waals surface area contributed by atoms with Gasteiger partial charge in [-0.05, 0) is 24.3 Å². The van der Waals surface area contributed by atoms with Crippen molar-refractivity contribution in [2.45, 2.75) is 44.4 Å². The topological polar surface area (TPSA) is 129 Å². The summed E-state index contributed by atoms with van der Waals surface area (Å²) >= 11 is 0. The maximum absolute atomic E-state index is 13.1. The van der Waals surface area contributed by atoms with E-state index in [0.29, 0.717) is 11.1 Å². The van der Waals surface area contributed by atoms with Crippen molar-refractivity contribution in [3.63, 3.8) is 0 Å². The number of ether oxygens (including phenoxy) is 4. The van der Waals surface area contributed by atoms with E-state index in [9.17, 15) is 19.2 Å². The fraction of sp³-hybridized carbons (Fsp3) is 0.360. The fourth-order valence-electron chi connectivity index (χ4n) is 3.79. The summed E-state index contributed by atoms with van der Waals surface area (Å²) in [6.07, 6.45) is -3.14. The van der Waals surface area contributed by atoms with Crippen molar-refractivity contribution < 1.29 is 38.1 Å². The summed E-state index contributed by atoms with van der Waals surface area (Å²) in [7, 11) is 1.37. The Morgan fingerprint density at radius 2 is 1.31 bits per heavy atom. The van der Waals surface area contributed by atoms with Gasteiger partial charge in [0.25, 0.3) is 11.8 Å². The minimum Gasteiger partial charge on any atom is -0.463 e. The molecule has 2 aromatic rings. The van der Waals surface area contributed by atoms with Crippen molar-refractivity contribution in [2.75, 3.05) is 13.7 Å². The number of hydrogen-bond donors (Lipinski definition) is 2. The third-order valence-electron chi connectivity index (χ3n) is 5.36. The maximum Gasteiger partial charge on any atom is 0.303 e. The molecule has 1 heterocycles. The van der Waals surface area contributed by atoms with Gasteiger partial charge in [-0.25, -0.2) is 0 Å². The zero-order valence-corrected chi connectivity index (χ0v) is 19.6. The van der Waals surface area contributed by atoms with Crippen LogP contribution in [0.1, 0.15) is 34.6 Å². The molecule has 0 saturated carbocycles. The van der Waals surface area contributed by atoms with Crippen molar-refractivity contribution in [1.82, 2.24) is 10.6 Å². The number of esters is 2. The van der Waals surface area contributed by atoms with Crippen molar-refractivity contribution in [3.8, 4) is 0 Å². The average Bonchev–Trinajstić information content (AvgIpc) is 2.85. The molecule has 186 valence electrons. The van der Waals surface area contributed by atoms with Crippen molar-refractivity contribution in [2.24, 2.45) is 0 Å². The van der Waals surface area contributed by atoms with Crippen LogP contribution in [0.2, 0.25) is 0 Å². The van der Waals surface area contributed by atoms with Gasteiger partial charge in [-0.2, -0.15) is 0 Å². The van der Waals surface area contributed by atoms with E-state index in [-0.39, 0.29) is 6.61 Å². The van der Waals surface area contributed by atoms with Gasteiger partial charge in [0.05, 0.1) is 6.04 Å². The fourth-order valence-corrected chi connectivity index (χ4v) is 3.79. The Kier molecular flexibility index (Phi) is 8.93. The van der Waals surface area contributed by atoms with Gasteiger partial charge in [-0.15, -0.1) is 0 Å². The van der Waals surface area contributed by atoms with Crippen LogP contribution < -0.4 is 10.6 Å². The van der Waals surface area contributed by atoms with Gasteiger partial charge in [0.15, 0.2) is 12.4 Å². The largest absolute Gasteiger partial charge is 0.463 e. The zero-order valence-electron chi connectivity index (χ0n) is 19.6. The van der Waals surface area contributed by atoms with E-state index in [0.717, 1.165) is 0 Å². The van der Waals surface area contributed by atoms with Crippen LogP contribution in [0.25, 0.3) is 0 Å². The minimum atomic E-state index is -1.10. The van der Waals surface area contributed by atoms with Gasteiger partial charge < -0.3 is 29.6 Å². The molecule has 2 amide bonds. The van der Waals surface area contributed by atoms with Crippen molar-refractivity contribution >= 4 is 23.8 Å². The predicted molar refractivity (Wildman–Crippen MR) is 123 cm³/mol. The molecule has 0 unspecified atom stereocenters. The van der Waals surface area contributed by atoms with E-state index in [1.807, 2.05) is 0 Å². The molecule has 2 aromatic carbocycles. The molecule has 35 heavy (non-hydrogen) atoms. The lowest BCUT2D eigenvalue weighted by Gasteiger charge is -2.45. The van der Waals surface area contributed by atoms with Gasteiger partial charge in [0.2, 0.25) is 0 Å². The molecule has 2 N–H and O–H groups in total. The Balaban J connectivity index is 1.97. The van der Waals surface area contributed by atoms with Crippen LogP contribution in [-0.2, 0) is 28.5 Å². The summed E-state index contributed by atoms with van der Waals surface area (Å²) in [5.41, 5.74) is 0.737. The monoisotopic (exact) mass is 484 g/mol. The van der Waals surface area contributed by atoms with Crippen LogP contribution in [-0.4, -0.2) is 68.1 Å². The average molecular weight is 485 g/mol. The number of nitrogens with one attached hydrogen (secondary N) is 2. The number of rotatable bonds is 8. The zero-order chi connectivity index (χ0) is 25.4. The second-order valence-electron chi connectivity index (χ2n) is 7.89. The number of hydrogen-bond acceptors (Lipinski definition) is 8.